The van der Waals surface area contributed by atoms with E-state index in [1.54, 1.807) is 0 Å². The van der Waals surface area contributed by atoms with Crippen molar-refractivity contribution in [2.24, 2.45) is 11.8 Å². The molecule has 1 fully saturated rings. The molecule has 168 valence electrons. The van der Waals surface area contributed by atoms with Crippen LogP contribution in [0.15, 0.2) is 60.7 Å². The first-order valence-electron chi connectivity index (χ1n) is 12.8. The number of hydrogen-bond donors (Lipinski definition) is 0. The minimum absolute atomic E-state index is 0.968. The van der Waals surface area contributed by atoms with Crippen molar-refractivity contribution in [3.63, 3.8) is 0 Å². The molecule has 32 heavy (non-hydrogen) atoms. The highest BCUT2D eigenvalue weighted by Crippen LogP contribution is 2.32. The van der Waals surface area contributed by atoms with Crippen LogP contribution in [0.2, 0.25) is 0 Å². The van der Waals surface area contributed by atoms with Crippen molar-refractivity contribution in [2.75, 3.05) is 0 Å². The molecule has 3 aromatic carbocycles. The van der Waals surface area contributed by atoms with E-state index in [1.807, 2.05) is 0 Å². The third kappa shape index (κ3) is 5.71. The van der Waals surface area contributed by atoms with Gasteiger partial charge in [0, 0.05) is 0 Å². The first-order chi connectivity index (χ1) is 15.5. The Morgan fingerprint density at radius 1 is 0.656 bits per heavy atom. The van der Waals surface area contributed by atoms with Crippen LogP contribution in [-0.2, 0) is 6.42 Å². The van der Waals surface area contributed by atoms with Gasteiger partial charge in [-0.15, -0.1) is 0 Å². The summed E-state index contributed by atoms with van der Waals surface area (Å²) >= 11 is 0. The van der Waals surface area contributed by atoms with Gasteiger partial charge in [-0.3, -0.25) is 0 Å². The molecule has 0 heterocycles. The zero-order valence-electron chi connectivity index (χ0n) is 20.6. The Morgan fingerprint density at radius 3 is 1.84 bits per heavy atom. The molecule has 0 N–H and O–H groups in total. The van der Waals surface area contributed by atoms with Gasteiger partial charge in [0.05, 0.1) is 0 Å². The van der Waals surface area contributed by atoms with Crippen LogP contribution in [0.4, 0.5) is 0 Å². The zero-order chi connectivity index (χ0) is 22.5. The third-order valence-corrected chi connectivity index (χ3v) is 7.64. The lowest BCUT2D eigenvalue weighted by Crippen LogP contribution is -2.12. The summed E-state index contributed by atoms with van der Waals surface area (Å²) in [6.07, 6.45) is 11.2. The van der Waals surface area contributed by atoms with E-state index in [0.717, 1.165) is 11.8 Å². The number of aryl methyl sites for hydroxylation is 4. The molecule has 0 unspecified atom stereocenters. The van der Waals surface area contributed by atoms with Crippen LogP contribution in [0.25, 0.3) is 22.3 Å². The summed E-state index contributed by atoms with van der Waals surface area (Å²) in [4.78, 5) is 0. The van der Waals surface area contributed by atoms with Gasteiger partial charge in [-0.05, 0) is 84.4 Å². The normalized spacial score (nSPS) is 18.6. The molecule has 1 aliphatic rings. The molecule has 0 bridgehead atoms. The summed E-state index contributed by atoms with van der Waals surface area (Å²) in [6.45, 7) is 9.04. The van der Waals surface area contributed by atoms with Crippen molar-refractivity contribution in [1.82, 2.24) is 0 Å². The van der Waals surface area contributed by atoms with Gasteiger partial charge < -0.3 is 0 Å². The van der Waals surface area contributed by atoms with E-state index in [2.05, 4.69) is 88.4 Å². The predicted octanol–water partition coefficient (Wildman–Crippen LogP) is 9.48. The molecule has 0 spiro atoms. The molecular weight excluding hydrogens is 384 g/mol. The van der Waals surface area contributed by atoms with Gasteiger partial charge in [0.25, 0.3) is 0 Å². The van der Waals surface area contributed by atoms with Crippen LogP contribution < -0.4 is 0 Å². The quantitative estimate of drug-likeness (QED) is 0.331. The minimum atomic E-state index is 0.968. The smallest absolute Gasteiger partial charge is 0.0155 e. The fourth-order valence-corrected chi connectivity index (χ4v) is 5.55. The number of unbranched alkanes of at least 4 members (excludes halogenated alkanes) is 1. The SMILES string of the molecule is Cc1ccc(-c2ccc(-c3ccc(CCCCC4CCC(C)CC4)cc3C)cc2)c(C)c1. The monoisotopic (exact) mass is 424 g/mol. The highest BCUT2D eigenvalue weighted by Gasteiger charge is 2.17. The van der Waals surface area contributed by atoms with Crippen LogP contribution in [0.3, 0.4) is 0 Å². The minimum Gasteiger partial charge on any atom is -0.0625 e. The molecule has 3 aromatic rings. The Kier molecular flexibility index (Phi) is 7.51. The lowest BCUT2D eigenvalue weighted by atomic mass is 9.80. The fraction of sp³-hybridized carbons (Fsp3) is 0.438. The van der Waals surface area contributed by atoms with Gasteiger partial charge in [0.15, 0.2) is 0 Å². The molecule has 0 aliphatic heterocycles. The van der Waals surface area contributed by atoms with E-state index < -0.39 is 0 Å². The summed E-state index contributed by atoms with van der Waals surface area (Å²) in [5, 5.41) is 0. The first-order valence-corrected chi connectivity index (χ1v) is 12.8. The Morgan fingerprint density at radius 2 is 1.25 bits per heavy atom. The highest BCUT2D eigenvalue weighted by molar-refractivity contribution is 5.73. The summed E-state index contributed by atoms with van der Waals surface area (Å²) in [7, 11) is 0. The lowest BCUT2D eigenvalue weighted by molar-refractivity contribution is 0.272. The maximum absolute atomic E-state index is 2.42. The van der Waals surface area contributed by atoms with Crippen molar-refractivity contribution in [1.29, 1.82) is 0 Å². The van der Waals surface area contributed by atoms with E-state index in [0.29, 0.717) is 0 Å². The van der Waals surface area contributed by atoms with Crippen LogP contribution in [0.5, 0.6) is 0 Å². The lowest BCUT2D eigenvalue weighted by Gasteiger charge is -2.26. The van der Waals surface area contributed by atoms with Crippen molar-refractivity contribution >= 4 is 0 Å². The van der Waals surface area contributed by atoms with Crippen LogP contribution >= 0.6 is 0 Å². The Hall–Kier alpha value is -2.34. The van der Waals surface area contributed by atoms with Crippen molar-refractivity contribution < 1.29 is 0 Å². The molecule has 0 heteroatoms. The Bertz CT molecular complexity index is 1020. The number of rotatable bonds is 7. The van der Waals surface area contributed by atoms with Crippen LogP contribution in [0, 0.1) is 32.6 Å². The van der Waals surface area contributed by atoms with Crippen molar-refractivity contribution in [3.8, 4) is 22.3 Å². The van der Waals surface area contributed by atoms with Gasteiger partial charge in [0.2, 0.25) is 0 Å². The van der Waals surface area contributed by atoms with E-state index in [9.17, 15) is 0 Å². The average Bonchev–Trinajstić information content (AvgIpc) is 2.78. The molecule has 0 saturated heterocycles. The molecule has 1 saturated carbocycles. The maximum atomic E-state index is 2.42. The summed E-state index contributed by atoms with van der Waals surface area (Å²) < 4.78 is 0. The molecule has 0 nitrogen and oxygen atoms in total. The fourth-order valence-electron chi connectivity index (χ4n) is 5.55. The summed E-state index contributed by atoms with van der Waals surface area (Å²) in [5.41, 5.74) is 10.9. The molecule has 0 aromatic heterocycles. The molecule has 1 aliphatic carbocycles. The third-order valence-electron chi connectivity index (χ3n) is 7.64. The van der Waals surface area contributed by atoms with Gasteiger partial charge in [-0.2, -0.15) is 0 Å². The van der Waals surface area contributed by atoms with Gasteiger partial charge in [-0.1, -0.05) is 112 Å². The molecule has 0 amide bonds. The molecular formula is C32H40. The van der Waals surface area contributed by atoms with Crippen molar-refractivity contribution in [2.45, 2.75) is 79.1 Å². The summed E-state index contributed by atoms with van der Waals surface area (Å²) in [5.74, 6) is 1.97. The first kappa shape index (κ1) is 22.8. The second kappa shape index (κ2) is 10.5. The zero-order valence-corrected chi connectivity index (χ0v) is 20.6. The molecule has 0 atom stereocenters. The number of benzene rings is 3. The average molecular weight is 425 g/mol. The largest absolute Gasteiger partial charge is 0.0625 e. The van der Waals surface area contributed by atoms with Crippen LogP contribution in [0.1, 0.15) is 74.1 Å². The topological polar surface area (TPSA) is 0 Å². The van der Waals surface area contributed by atoms with E-state index in [1.165, 1.54) is 95.9 Å². The number of hydrogen-bond acceptors (Lipinski definition) is 0. The summed E-state index contributed by atoms with van der Waals surface area (Å²) in [6, 6.07) is 22.9. The standard InChI is InChI=1S/C32H40/c1-23-9-12-27(13-10-23)7-5-6-8-28-14-20-32(26(4)22-28)30-17-15-29(16-18-30)31-19-11-24(2)21-25(31)3/h11,14-23,27H,5-10,12-13H2,1-4H3. The van der Waals surface area contributed by atoms with Crippen LogP contribution in [-0.4, -0.2) is 0 Å². The second-order valence-corrected chi connectivity index (χ2v) is 10.4. The van der Waals surface area contributed by atoms with Crippen molar-refractivity contribution in [3.05, 3.63) is 82.9 Å². The Balaban J connectivity index is 1.34. The Labute approximate surface area is 196 Å². The van der Waals surface area contributed by atoms with Gasteiger partial charge in [0.1, 0.15) is 0 Å². The maximum Gasteiger partial charge on any atom is -0.0155 e. The predicted molar refractivity (Wildman–Crippen MR) is 140 cm³/mol. The van der Waals surface area contributed by atoms with E-state index in [4.69, 9.17) is 0 Å². The second-order valence-electron chi connectivity index (χ2n) is 10.4. The molecule has 4 rings (SSSR count). The van der Waals surface area contributed by atoms with Gasteiger partial charge in [-0.25, -0.2) is 0 Å². The van der Waals surface area contributed by atoms with Gasteiger partial charge >= 0.3 is 0 Å². The molecule has 0 radical (unpaired) electrons. The van der Waals surface area contributed by atoms with E-state index >= 15 is 0 Å². The highest BCUT2D eigenvalue weighted by atomic mass is 14.2. The van der Waals surface area contributed by atoms with E-state index in [-0.39, 0.29) is 0 Å².